The molecule has 0 saturated heterocycles. The van der Waals surface area contributed by atoms with E-state index >= 15 is 0 Å². The SMILES string of the molecule is C[C@H](Sc1nnc(-c2ccco2)o1)C(=O)Nc1ccc(F)cc1. The average Bonchev–Trinajstić information content (AvgIpc) is 3.20. The van der Waals surface area contributed by atoms with E-state index in [1.165, 1.54) is 30.5 Å². The van der Waals surface area contributed by atoms with E-state index in [0.29, 0.717) is 11.4 Å². The predicted octanol–water partition coefficient (Wildman–Crippen LogP) is 3.59. The molecule has 0 bridgehead atoms. The van der Waals surface area contributed by atoms with E-state index in [0.717, 1.165) is 11.8 Å². The monoisotopic (exact) mass is 333 g/mol. The molecule has 8 heteroatoms. The molecule has 0 aliphatic heterocycles. The summed E-state index contributed by atoms with van der Waals surface area (Å²) < 4.78 is 23.4. The molecule has 0 spiro atoms. The van der Waals surface area contributed by atoms with Crippen molar-refractivity contribution < 1.29 is 18.0 Å². The number of hydrogen-bond donors (Lipinski definition) is 1. The fourth-order valence-corrected chi connectivity index (χ4v) is 2.42. The van der Waals surface area contributed by atoms with Crippen LogP contribution in [0.4, 0.5) is 10.1 Å². The fourth-order valence-electron chi connectivity index (χ4n) is 1.74. The van der Waals surface area contributed by atoms with Crippen LogP contribution in [0.1, 0.15) is 6.92 Å². The van der Waals surface area contributed by atoms with Crippen LogP contribution in [-0.2, 0) is 4.79 Å². The molecule has 1 amide bonds. The summed E-state index contributed by atoms with van der Waals surface area (Å²) in [6.45, 7) is 1.71. The van der Waals surface area contributed by atoms with Crippen LogP contribution in [0.25, 0.3) is 11.7 Å². The van der Waals surface area contributed by atoms with Gasteiger partial charge in [-0.2, -0.15) is 0 Å². The van der Waals surface area contributed by atoms with Crippen LogP contribution >= 0.6 is 11.8 Å². The summed E-state index contributed by atoms with van der Waals surface area (Å²) in [5.41, 5.74) is 0.519. The highest BCUT2D eigenvalue weighted by Gasteiger charge is 2.19. The second kappa shape index (κ2) is 6.66. The number of anilines is 1. The van der Waals surface area contributed by atoms with Crippen molar-refractivity contribution in [2.24, 2.45) is 0 Å². The van der Waals surface area contributed by atoms with Crippen LogP contribution in [0.3, 0.4) is 0 Å². The molecule has 0 saturated carbocycles. The van der Waals surface area contributed by atoms with Gasteiger partial charge in [-0.05, 0) is 43.3 Å². The summed E-state index contributed by atoms with van der Waals surface area (Å²) in [4.78, 5) is 12.1. The van der Waals surface area contributed by atoms with Crippen LogP contribution in [0.15, 0.2) is 56.7 Å². The number of hydrogen-bond acceptors (Lipinski definition) is 6. The minimum atomic E-state index is -0.468. The molecule has 0 unspecified atom stereocenters. The van der Waals surface area contributed by atoms with E-state index in [1.54, 1.807) is 19.1 Å². The quantitative estimate of drug-likeness (QED) is 0.719. The zero-order valence-electron chi connectivity index (χ0n) is 12.0. The lowest BCUT2D eigenvalue weighted by Gasteiger charge is -2.09. The second-order valence-electron chi connectivity index (χ2n) is 4.61. The number of furan rings is 1. The third-order valence-corrected chi connectivity index (χ3v) is 3.83. The van der Waals surface area contributed by atoms with Crippen molar-refractivity contribution in [1.29, 1.82) is 0 Å². The van der Waals surface area contributed by atoms with Gasteiger partial charge in [0.05, 0.1) is 11.5 Å². The van der Waals surface area contributed by atoms with Crippen LogP contribution in [0.2, 0.25) is 0 Å². The topological polar surface area (TPSA) is 81.2 Å². The maximum Gasteiger partial charge on any atom is 0.284 e. The third kappa shape index (κ3) is 3.78. The maximum atomic E-state index is 12.8. The molecule has 0 aliphatic carbocycles. The highest BCUT2D eigenvalue weighted by Crippen LogP contribution is 2.26. The number of nitrogens with zero attached hydrogens (tertiary/aromatic N) is 2. The summed E-state index contributed by atoms with van der Waals surface area (Å²) in [6.07, 6.45) is 1.51. The Morgan fingerprint density at radius 3 is 2.74 bits per heavy atom. The number of carbonyl (C=O) groups is 1. The Balaban J connectivity index is 1.61. The normalized spacial score (nSPS) is 12.1. The maximum absolute atomic E-state index is 12.8. The standard InChI is InChI=1S/C15H12FN3O3S/c1-9(13(20)17-11-6-4-10(16)5-7-11)23-15-19-18-14(22-15)12-3-2-8-21-12/h2-9H,1H3,(H,17,20)/t9-/m0/s1. The number of benzene rings is 1. The largest absolute Gasteiger partial charge is 0.459 e. The first-order valence-corrected chi connectivity index (χ1v) is 7.60. The van der Waals surface area contributed by atoms with Crippen molar-refractivity contribution in [3.05, 3.63) is 48.5 Å². The molecule has 6 nitrogen and oxygen atoms in total. The average molecular weight is 333 g/mol. The summed E-state index contributed by atoms with van der Waals surface area (Å²) in [6, 6.07) is 8.96. The van der Waals surface area contributed by atoms with Crippen LogP contribution < -0.4 is 5.32 Å². The molecular formula is C15H12FN3O3S. The molecule has 1 atom stereocenters. The minimum absolute atomic E-state index is 0.251. The Kier molecular flexibility index (Phi) is 4.42. The highest BCUT2D eigenvalue weighted by atomic mass is 32.2. The summed E-state index contributed by atoms with van der Waals surface area (Å²) >= 11 is 1.12. The van der Waals surface area contributed by atoms with Gasteiger partial charge in [0.1, 0.15) is 5.82 Å². The zero-order chi connectivity index (χ0) is 16.2. The molecule has 1 N–H and O–H groups in total. The number of nitrogens with one attached hydrogen (secondary N) is 1. The Labute approximate surface area is 135 Å². The smallest absolute Gasteiger partial charge is 0.284 e. The van der Waals surface area contributed by atoms with Crippen molar-refractivity contribution in [3.63, 3.8) is 0 Å². The van der Waals surface area contributed by atoms with Gasteiger partial charge in [0.2, 0.25) is 5.91 Å². The van der Waals surface area contributed by atoms with Gasteiger partial charge in [0, 0.05) is 5.69 Å². The zero-order valence-corrected chi connectivity index (χ0v) is 12.8. The molecule has 0 aliphatic rings. The van der Waals surface area contributed by atoms with Gasteiger partial charge in [-0.3, -0.25) is 4.79 Å². The van der Waals surface area contributed by atoms with Crippen molar-refractivity contribution in [2.75, 3.05) is 5.32 Å². The number of thioether (sulfide) groups is 1. The van der Waals surface area contributed by atoms with Crippen LogP contribution in [0.5, 0.6) is 0 Å². The highest BCUT2D eigenvalue weighted by molar-refractivity contribution is 8.00. The first-order valence-electron chi connectivity index (χ1n) is 6.72. The molecule has 3 aromatic rings. The van der Waals surface area contributed by atoms with E-state index in [-0.39, 0.29) is 22.8 Å². The van der Waals surface area contributed by atoms with Crippen molar-refractivity contribution >= 4 is 23.4 Å². The number of rotatable bonds is 5. The Morgan fingerprint density at radius 2 is 2.04 bits per heavy atom. The molecule has 0 radical (unpaired) electrons. The first-order chi connectivity index (χ1) is 11.1. The van der Waals surface area contributed by atoms with Crippen molar-refractivity contribution in [2.45, 2.75) is 17.4 Å². The molecule has 0 fully saturated rings. The number of carbonyl (C=O) groups excluding carboxylic acids is 1. The lowest BCUT2D eigenvalue weighted by atomic mass is 10.3. The third-order valence-electron chi connectivity index (χ3n) is 2.90. The summed E-state index contributed by atoms with van der Waals surface area (Å²) in [7, 11) is 0. The Morgan fingerprint density at radius 1 is 1.26 bits per heavy atom. The lowest BCUT2D eigenvalue weighted by Crippen LogP contribution is -2.22. The molecule has 2 heterocycles. The molecule has 23 heavy (non-hydrogen) atoms. The van der Waals surface area contributed by atoms with Gasteiger partial charge >= 0.3 is 0 Å². The summed E-state index contributed by atoms with van der Waals surface area (Å²) in [5.74, 6) is 0.109. The number of aromatic nitrogens is 2. The van der Waals surface area contributed by atoms with Gasteiger partial charge in [0.15, 0.2) is 5.76 Å². The predicted molar refractivity (Wildman–Crippen MR) is 82.3 cm³/mol. The van der Waals surface area contributed by atoms with Gasteiger partial charge in [0.25, 0.3) is 11.1 Å². The number of amides is 1. The Hall–Kier alpha value is -2.61. The van der Waals surface area contributed by atoms with Gasteiger partial charge in [-0.1, -0.05) is 11.8 Å². The summed E-state index contributed by atoms with van der Waals surface area (Å²) in [5, 5.41) is 10.2. The molecule has 118 valence electrons. The Bertz CT molecular complexity index is 787. The molecular weight excluding hydrogens is 321 g/mol. The molecule has 1 aromatic carbocycles. The van der Waals surface area contributed by atoms with Crippen molar-refractivity contribution in [1.82, 2.24) is 10.2 Å². The number of halogens is 1. The van der Waals surface area contributed by atoms with E-state index in [2.05, 4.69) is 15.5 Å². The molecule has 2 aromatic heterocycles. The van der Waals surface area contributed by atoms with E-state index in [9.17, 15) is 9.18 Å². The van der Waals surface area contributed by atoms with Crippen molar-refractivity contribution in [3.8, 4) is 11.7 Å². The fraction of sp³-hybridized carbons (Fsp3) is 0.133. The minimum Gasteiger partial charge on any atom is -0.459 e. The first kappa shape index (κ1) is 15.3. The van der Waals surface area contributed by atoms with E-state index in [1.807, 2.05) is 0 Å². The van der Waals surface area contributed by atoms with E-state index in [4.69, 9.17) is 8.83 Å². The van der Waals surface area contributed by atoms with Gasteiger partial charge in [-0.25, -0.2) is 4.39 Å². The molecule has 3 rings (SSSR count). The van der Waals surface area contributed by atoms with Crippen LogP contribution in [0, 0.1) is 5.82 Å². The van der Waals surface area contributed by atoms with Crippen LogP contribution in [-0.4, -0.2) is 21.4 Å². The van der Waals surface area contributed by atoms with E-state index < -0.39 is 5.25 Å². The van der Waals surface area contributed by atoms with Gasteiger partial charge < -0.3 is 14.2 Å². The second-order valence-corrected chi connectivity index (χ2v) is 5.90. The van der Waals surface area contributed by atoms with Gasteiger partial charge in [-0.15, -0.1) is 10.2 Å². The lowest BCUT2D eigenvalue weighted by molar-refractivity contribution is -0.115.